The number of carbonyl (C=O) groups excluding carboxylic acids is 2. The molecule has 9 nitrogen and oxygen atoms in total. The highest BCUT2D eigenvalue weighted by Gasteiger charge is 2.09. The van der Waals surface area contributed by atoms with Crippen molar-refractivity contribution in [2.45, 2.75) is 13.1 Å². The van der Waals surface area contributed by atoms with Crippen LogP contribution in [0.2, 0.25) is 0 Å². The van der Waals surface area contributed by atoms with Crippen molar-refractivity contribution in [1.82, 2.24) is 25.3 Å². The van der Waals surface area contributed by atoms with Gasteiger partial charge in [0, 0.05) is 21.7 Å². The van der Waals surface area contributed by atoms with Crippen LogP contribution in [0.25, 0.3) is 0 Å². The minimum absolute atomic E-state index is 0.0116. The quantitative estimate of drug-likeness (QED) is 0.550. The summed E-state index contributed by atoms with van der Waals surface area (Å²) < 4.78 is 2.33. The molecule has 3 aromatic rings. The lowest BCUT2D eigenvalue weighted by atomic mass is 10.3. The Morgan fingerprint density at radius 1 is 1.19 bits per heavy atom. The van der Waals surface area contributed by atoms with Crippen LogP contribution in [0.4, 0.5) is 15.6 Å². The van der Waals surface area contributed by atoms with Crippen LogP contribution in [0.15, 0.2) is 46.5 Å². The van der Waals surface area contributed by atoms with Gasteiger partial charge in [0.15, 0.2) is 5.13 Å². The summed E-state index contributed by atoms with van der Waals surface area (Å²) in [6.45, 7) is 0.203. The Morgan fingerprint density at radius 3 is 2.73 bits per heavy atom. The Bertz CT molecular complexity index is 880. The number of anilines is 2. The van der Waals surface area contributed by atoms with Gasteiger partial charge in [0.1, 0.15) is 12.2 Å². The van der Waals surface area contributed by atoms with Gasteiger partial charge in [-0.05, 0) is 24.3 Å². The number of benzene rings is 1. The first-order chi connectivity index (χ1) is 12.6. The van der Waals surface area contributed by atoms with Crippen LogP contribution in [0, 0.1) is 0 Å². The van der Waals surface area contributed by atoms with Gasteiger partial charge in [-0.1, -0.05) is 21.1 Å². The topological polar surface area (TPSA) is 114 Å². The maximum absolute atomic E-state index is 11.9. The summed E-state index contributed by atoms with van der Waals surface area (Å²) >= 11 is 4.67. The van der Waals surface area contributed by atoms with Crippen LogP contribution in [0.3, 0.4) is 0 Å². The van der Waals surface area contributed by atoms with E-state index in [1.807, 2.05) is 12.1 Å². The van der Waals surface area contributed by atoms with Crippen LogP contribution in [0.1, 0.15) is 5.69 Å². The fourth-order valence-electron chi connectivity index (χ4n) is 1.97. The van der Waals surface area contributed by atoms with E-state index in [0.717, 1.165) is 4.47 Å². The lowest BCUT2D eigenvalue weighted by Crippen LogP contribution is -2.28. The van der Waals surface area contributed by atoms with Crippen molar-refractivity contribution in [2.24, 2.45) is 0 Å². The first-order valence-corrected chi connectivity index (χ1v) is 9.14. The average Bonchev–Trinajstić information content (AvgIpc) is 3.27. The molecule has 134 valence electrons. The highest BCUT2D eigenvalue weighted by atomic mass is 79.9. The highest BCUT2D eigenvalue weighted by molar-refractivity contribution is 9.10. The van der Waals surface area contributed by atoms with Crippen molar-refractivity contribution >= 4 is 50.0 Å². The third-order valence-corrected chi connectivity index (χ3v) is 4.32. The van der Waals surface area contributed by atoms with E-state index in [-0.39, 0.29) is 25.0 Å². The Kier molecular flexibility index (Phi) is 5.92. The monoisotopic (exact) mass is 435 g/mol. The SMILES string of the molecule is O=C(Cn1cc(CNC(=O)Nc2ccc(Br)cc2)nn1)Nc1nccs1. The lowest BCUT2D eigenvalue weighted by molar-refractivity contribution is -0.116. The number of thiazole rings is 1. The summed E-state index contributed by atoms with van der Waals surface area (Å²) in [5.74, 6) is -0.252. The van der Waals surface area contributed by atoms with Gasteiger partial charge >= 0.3 is 6.03 Å². The molecule has 0 fully saturated rings. The number of nitrogens with zero attached hydrogens (tertiary/aromatic N) is 4. The van der Waals surface area contributed by atoms with Crippen molar-refractivity contribution in [3.63, 3.8) is 0 Å². The maximum Gasteiger partial charge on any atom is 0.319 e. The van der Waals surface area contributed by atoms with Crippen molar-refractivity contribution in [3.8, 4) is 0 Å². The molecule has 0 aliphatic heterocycles. The summed E-state index contributed by atoms with van der Waals surface area (Å²) in [5, 5.41) is 18.1. The van der Waals surface area contributed by atoms with E-state index in [4.69, 9.17) is 0 Å². The van der Waals surface area contributed by atoms with E-state index in [1.165, 1.54) is 16.0 Å². The van der Waals surface area contributed by atoms with Gasteiger partial charge in [-0.25, -0.2) is 14.5 Å². The van der Waals surface area contributed by atoms with Gasteiger partial charge < -0.3 is 16.0 Å². The number of aromatic nitrogens is 4. The fraction of sp³-hybridized carbons (Fsp3) is 0.133. The predicted octanol–water partition coefficient (Wildman–Crippen LogP) is 2.46. The van der Waals surface area contributed by atoms with E-state index < -0.39 is 0 Å². The molecule has 2 aromatic heterocycles. The number of urea groups is 1. The number of rotatable bonds is 6. The van der Waals surface area contributed by atoms with Crippen molar-refractivity contribution in [3.05, 3.63) is 52.2 Å². The minimum atomic E-state index is -0.358. The van der Waals surface area contributed by atoms with Crippen LogP contribution in [-0.4, -0.2) is 31.9 Å². The molecule has 1 aromatic carbocycles. The van der Waals surface area contributed by atoms with Gasteiger partial charge in [-0.3, -0.25) is 4.79 Å². The number of carbonyl (C=O) groups is 2. The molecule has 0 aliphatic rings. The van der Waals surface area contributed by atoms with Crippen LogP contribution < -0.4 is 16.0 Å². The zero-order valence-corrected chi connectivity index (χ0v) is 15.7. The number of nitrogens with one attached hydrogen (secondary N) is 3. The minimum Gasteiger partial charge on any atom is -0.332 e. The molecular weight excluding hydrogens is 422 g/mol. The molecule has 11 heteroatoms. The predicted molar refractivity (Wildman–Crippen MR) is 101 cm³/mol. The second kappa shape index (κ2) is 8.54. The van der Waals surface area contributed by atoms with Gasteiger partial charge in [0.05, 0.1) is 12.7 Å². The number of amides is 3. The Balaban J connectivity index is 1.45. The fourth-order valence-corrected chi connectivity index (χ4v) is 2.78. The molecule has 0 spiro atoms. The molecule has 0 bridgehead atoms. The molecule has 26 heavy (non-hydrogen) atoms. The molecule has 3 rings (SSSR count). The molecular formula is C15H14BrN7O2S. The summed E-state index contributed by atoms with van der Waals surface area (Å²) in [4.78, 5) is 27.7. The highest BCUT2D eigenvalue weighted by Crippen LogP contribution is 2.14. The maximum atomic E-state index is 11.9. The molecule has 3 N–H and O–H groups in total. The summed E-state index contributed by atoms with van der Waals surface area (Å²) in [6, 6.07) is 6.86. The largest absolute Gasteiger partial charge is 0.332 e. The van der Waals surface area contributed by atoms with Gasteiger partial charge in [0.25, 0.3) is 0 Å². The molecule has 3 amide bonds. The van der Waals surface area contributed by atoms with Crippen molar-refractivity contribution in [1.29, 1.82) is 0 Å². The lowest BCUT2D eigenvalue weighted by Gasteiger charge is -2.06. The summed E-state index contributed by atoms with van der Waals surface area (Å²) in [6.07, 6.45) is 3.21. The van der Waals surface area contributed by atoms with E-state index in [1.54, 1.807) is 29.9 Å². The zero-order valence-electron chi connectivity index (χ0n) is 13.3. The van der Waals surface area contributed by atoms with Gasteiger partial charge in [0.2, 0.25) is 5.91 Å². The summed E-state index contributed by atoms with van der Waals surface area (Å²) in [5.41, 5.74) is 1.21. The van der Waals surface area contributed by atoms with Crippen LogP contribution >= 0.6 is 27.3 Å². The van der Waals surface area contributed by atoms with Crippen molar-refractivity contribution in [2.75, 3.05) is 10.6 Å². The molecule has 0 atom stereocenters. The zero-order chi connectivity index (χ0) is 18.4. The molecule has 0 unspecified atom stereocenters. The standard InChI is InChI=1S/C15H14BrN7O2S/c16-10-1-3-11(4-2-10)19-14(25)18-7-12-8-23(22-21-12)9-13(24)20-15-17-5-6-26-15/h1-6,8H,7,9H2,(H,17,20,24)(H2,18,19,25). The second-order valence-electron chi connectivity index (χ2n) is 5.11. The van der Waals surface area contributed by atoms with Gasteiger partial charge in [-0.15, -0.1) is 16.4 Å². The van der Waals surface area contributed by atoms with Crippen molar-refractivity contribution < 1.29 is 9.59 Å². The summed E-state index contributed by atoms with van der Waals surface area (Å²) in [7, 11) is 0. The van der Waals surface area contributed by atoms with E-state index in [9.17, 15) is 9.59 Å². The third kappa shape index (κ3) is 5.36. The number of halogens is 1. The molecule has 0 saturated carbocycles. The molecule has 0 radical (unpaired) electrons. The number of hydrogen-bond donors (Lipinski definition) is 3. The van der Waals surface area contributed by atoms with E-state index in [0.29, 0.717) is 16.5 Å². The Morgan fingerprint density at radius 2 is 2.00 bits per heavy atom. The second-order valence-corrected chi connectivity index (χ2v) is 6.92. The number of hydrogen-bond acceptors (Lipinski definition) is 6. The average molecular weight is 436 g/mol. The third-order valence-electron chi connectivity index (χ3n) is 3.10. The first kappa shape index (κ1) is 18.0. The van der Waals surface area contributed by atoms with Gasteiger partial charge in [-0.2, -0.15) is 0 Å². The molecule has 0 aliphatic carbocycles. The normalized spacial score (nSPS) is 10.3. The van der Waals surface area contributed by atoms with Crippen LogP contribution in [-0.2, 0) is 17.9 Å². The Hall–Kier alpha value is -2.79. The van der Waals surface area contributed by atoms with Crippen LogP contribution in [0.5, 0.6) is 0 Å². The van der Waals surface area contributed by atoms with E-state index in [2.05, 4.69) is 47.2 Å². The first-order valence-electron chi connectivity index (χ1n) is 7.47. The van der Waals surface area contributed by atoms with E-state index >= 15 is 0 Å². The smallest absolute Gasteiger partial charge is 0.319 e. The molecule has 0 saturated heterocycles. The molecule has 2 heterocycles. The Labute approximate surface area is 161 Å².